The fraction of sp³-hybridized carbons (Fsp3) is 0.462. The van der Waals surface area contributed by atoms with Crippen molar-refractivity contribution in [3.63, 3.8) is 0 Å². The van der Waals surface area contributed by atoms with Gasteiger partial charge in [-0.15, -0.1) is 0 Å². The fourth-order valence-corrected chi connectivity index (χ4v) is 2.04. The van der Waals surface area contributed by atoms with Crippen molar-refractivity contribution in [2.24, 2.45) is 11.8 Å². The molecule has 0 aliphatic heterocycles. The van der Waals surface area contributed by atoms with Crippen molar-refractivity contribution < 1.29 is 9.72 Å². The van der Waals surface area contributed by atoms with Gasteiger partial charge in [0.1, 0.15) is 0 Å². The smallest absolute Gasteiger partial charge is 0.270 e. The van der Waals surface area contributed by atoms with Gasteiger partial charge in [0.15, 0.2) is 0 Å². The zero-order valence-electron chi connectivity index (χ0n) is 10.8. The summed E-state index contributed by atoms with van der Waals surface area (Å²) < 4.78 is 0. The van der Waals surface area contributed by atoms with E-state index in [1.165, 1.54) is 31.0 Å². The number of non-ortho nitro benzene ring substituents is 1. The molecule has 1 aliphatic rings. The summed E-state index contributed by atoms with van der Waals surface area (Å²) in [7, 11) is 0. The standard InChI is InChI=1S/C13H17N3O3/c1-8(9-2-3-9)7-15-13(17)11-6-10(16(18)19)4-5-12(11)14/h4-6,8-9H,2-3,7,14H2,1H3,(H,15,17). The molecule has 1 aromatic carbocycles. The normalized spacial score (nSPS) is 15.8. The molecule has 1 unspecified atom stereocenters. The van der Waals surface area contributed by atoms with Gasteiger partial charge in [-0.3, -0.25) is 14.9 Å². The predicted molar refractivity (Wildman–Crippen MR) is 71.7 cm³/mol. The molecule has 6 heteroatoms. The summed E-state index contributed by atoms with van der Waals surface area (Å²) in [5, 5.41) is 13.5. The Morgan fingerprint density at radius 3 is 2.84 bits per heavy atom. The molecule has 1 saturated carbocycles. The van der Waals surface area contributed by atoms with Crippen molar-refractivity contribution >= 4 is 17.3 Å². The Bertz CT molecular complexity index is 512. The van der Waals surface area contributed by atoms with E-state index < -0.39 is 4.92 Å². The van der Waals surface area contributed by atoms with Crippen molar-refractivity contribution in [3.05, 3.63) is 33.9 Å². The summed E-state index contributed by atoms with van der Waals surface area (Å²) in [6, 6.07) is 3.89. The summed E-state index contributed by atoms with van der Waals surface area (Å²) in [6.07, 6.45) is 2.44. The molecule has 6 nitrogen and oxygen atoms in total. The van der Waals surface area contributed by atoms with Crippen LogP contribution in [0.4, 0.5) is 11.4 Å². The highest BCUT2D eigenvalue weighted by molar-refractivity contribution is 5.99. The third-order valence-electron chi connectivity index (χ3n) is 3.50. The monoisotopic (exact) mass is 263 g/mol. The van der Waals surface area contributed by atoms with Crippen molar-refractivity contribution in [1.29, 1.82) is 0 Å². The minimum atomic E-state index is -0.539. The van der Waals surface area contributed by atoms with Crippen molar-refractivity contribution in [1.82, 2.24) is 5.32 Å². The van der Waals surface area contributed by atoms with E-state index in [0.717, 1.165) is 0 Å². The summed E-state index contributed by atoms with van der Waals surface area (Å²) in [5.74, 6) is 0.778. The topological polar surface area (TPSA) is 98.3 Å². The average Bonchev–Trinajstić information content (AvgIpc) is 3.20. The Morgan fingerprint density at radius 2 is 2.26 bits per heavy atom. The largest absolute Gasteiger partial charge is 0.398 e. The number of carbonyl (C=O) groups excluding carboxylic acids is 1. The van der Waals surface area contributed by atoms with E-state index in [-0.39, 0.29) is 22.8 Å². The molecule has 1 atom stereocenters. The second-order valence-electron chi connectivity index (χ2n) is 5.05. The molecule has 0 aromatic heterocycles. The molecule has 0 spiro atoms. The summed E-state index contributed by atoms with van der Waals surface area (Å²) in [5.41, 5.74) is 5.97. The van der Waals surface area contributed by atoms with E-state index in [1.54, 1.807) is 0 Å². The Morgan fingerprint density at radius 1 is 1.58 bits per heavy atom. The number of nitrogens with one attached hydrogen (secondary N) is 1. The van der Waals surface area contributed by atoms with Crippen LogP contribution >= 0.6 is 0 Å². The van der Waals surface area contributed by atoms with Crippen molar-refractivity contribution in [2.75, 3.05) is 12.3 Å². The van der Waals surface area contributed by atoms with E-state index >= 15 is 0 Å². The Balaban J connectivity index is 2.04. The van der Waals surface area contributed by atoms with Crippen LogP contribution in [-0.4, -0.2) is 17.4 Å². The molecule has 1 amide bonds. The summed E-state index contributed by atoms with van der Waals surface area (Å²) in [4.78, 5) is 22.1. The average molecular weight is 263 g/mol. The minimum absolute atomic E-state index is 0.130. The van der Waals surface area contributed by atoms with Gasteiger partial charge >= 0.3 is 0 Å². The number of nitro groups is 1. The number of amides is 1. The second-order valence-corrected chi connectivity index (χ2v) is 5.05. The first-order valence-electron chi connectivity index (χ1n) is 6.31. The van der Waals surface area contributed by atoms with Gasteiger partial charge in [-0.2, -0.15) is 0 Å². The number of nitrogens with zero attached hydrogens (tertiary/aromatic N) is 1. The van der Waals surface area contributed by atoms with E-state index in [0.29, 0.717) is 18.4 Å². The quantitative estimate of drug-likeness (QED) is 0.482. The van der Waals surface area contributed by atoms with Gasteiger partial charge in [0.25, 0.3) is 11.6 Å². The number of nitrogens with two attached hydrogens (primary N) is 1. The molecule has 0 bridgehead atoms. The Hall–Kier alpha value is -2.11. The van der Waals surface area contributed by atoms with Crippen LogP contribution in [0.15, 0.2) is 18.2 Å². The van der Waals surface area contributed by atoms with Crippen LogP contribution < -0.4 is 11.1 Å². The van der Waals surface area contributed by atoms with Gasteiger partial charge in [-0.25, -0.2) is 0 Å². The Kier molecular flexibility index (Phi) is 3.69. The minimum Gasteiger partial charge on any atom is -0.398 e. The van der Waals surface area contributed by atoms with Crippen LogP contribution in [-0.2, 0) is 0 Å². The number of hydrogen-bond donors (Lipinski definition) is 2. The molecule has 1 aromatic rings. The number of carbonyl (C=O) groups is 1. The molecule has 0 saturated heterocycles. The van der Waals surface area contributed by atoms with Crippen LogP contribution in [0, 0.1) is 22.0 Å². The lowest BCUT2D eigenvalue weighted by Crippen LogP contribution is -2.29. The van der Waals surface area contributed by atoms with E-state index in [4.69, 9.17) is 5.73 Å². The lowest BCUT2D eigenvalue weighted by Gasteiger charge is -2.12. The number of benzene rings is 1. The maximum absolute atomic E-state index is 12.0. The fourth-order valence-electron chi connectivity index (χ4n) is 2.04. The SMILES string of the molecule is CC(CNC(=O)c1cc([N+](=O)[O-])ccc1N)C1CC1. The van der Waals surface area contributed by atoms with Crippen LogP contribution in [0.25, 0.3) is 0 Å². The van der Waals surface area contributed by atoms with E-state index in [1.807, 2.05) is 0 Å². The number of hydrogen-bond acceptors (Lipinski definition) is 4. The highest BCUT2D eigenvalue weighted by Gasteiger charge is 2.28. The van der Waals surface area contributed by atoms with Gasteiger partial charge < -0.3 is 11.1 Å². The molecule has 0 radical (unpaired) electrons. The van der Waals surface area contributed by atoms with Gasteiger partial charge in [-0.1, -0.05) is 6.92 Å². The third kappa shape index (κ3) is 3.21. The van der Waals surface area contributed by atoms with Gasteiger partial charge in [-0.05, 0) is 30.7 Å². The molecule has 1 fully saturated rings. The lowest BCUT2D eigenvalue weighted by atomic mass is 10.1. The van der Waals surface area contributed by atoms with Gasteiger partial charge in [0.2, 0.25) is 0 Å². The molecule has 1 aliphatic carbocycles. The molecule has 3 N–H and O–H groups in total. The van der Waals surface area contributed by atoms with Crippen LogP contribution in [0.5, 0.6) is 0 Å². The highest BCUT2D eigenvalue weighted by Crippen LogP contribution is 2.36. The van der Waals surface area contributed by atoms with Crippen LogP contribution in [0.1, 0.15) is 30.1 Å². The maximum atomic E-state index is 12.0. The lowest BCUT2D eigenvalue weighted by molar-refractivity contribution is -0.384. The third-order valence-corrected chi connectivity index (χ3v) is 3.50. The summed E-state index contributed by atoms with van der Waals surface area (Å²) >= 11 is 0. The number of rotatable bonds is 5. The summed E-state index contributed by atoms with van der Waals surface area (Å²) in [6.45, 7) is 2.67. The zero-order valence-corrected chi connectivity index (χ0v) is 10.8. The molecule has 19 heavy (non-hydrogen) atoms. The predicted octanol–water partition coefficient (Wildman–Crippen LogP) is 1.95. The van der Waals surface area contributed by atoms with E-state index in [2.05, 4.69) is 12.2 Å². The first-order valence-corrected chi connectivity index (χ1v) is 6.31. The number of anilines is 1. The second kappa shape index (κ2) is 5.26. The number of nitrogen functional groups attached to an aromatic ring is 1. The number of nitro benzene ring substituents is 1. The van der Waals surface area contributed by atoms with Crippen molar-refractivity contribution in [3.8, 4) is 0 Å². The molecule has 2 rings (SSSR count). The molecule has 102 valence electrons. The van der Waals surface area contributed by atoms with Crippen LogP contribution in [0.3, 0.4) is 0 Å². The Labute approximate surface area is 111 Å². The van der Waals surface area contributed by atoms with Crippen molar-refractivity contribution in [2.45, 2.75) is 19.8 Å². The molecular formula is C13H17N3O3. The van der Waals surface area contributed by atoms with Crippen LogP contribution in [0.2, 0.25) is 0 Å². The van der Waals surface area contributed by atoms with Gasteiger partial charge in [0.05, 0.1) is 10.5 Å². The first-order chi connectivity index (χ1) is 8.99. The first kappa shape index (κ1) is 13.3. The zero-order chi connectivity index (χ0) is 14.0. The van der Waals surface area contributed by atoms with Gasteiger partial charge in [0, 0.05) is 24.4 Å². The molecular weight excluding hydrogens is 246 g/mol. The highest BCUT2D eigenvalue weighted by atomic mass is 16.6. The maximum Gasteiger partial charge on any atom is 0.270 e. The molecule has 0 heterocycles. The van der Waals surface area contributed by atoms with E-state index in [9.17, 15) is 14.9 Å².